The number of hydrogen-bond acceptors (Lipinski definition) is 3. The predicted molar refractivity (Wildman–Crippen MR) is 95.1 cm³/mol. The summed E-state index contributed by atoms with van der Waals surface area (Å²) >= 11 is 0. The van der Waals surface area contributed by atoms with E-state index < -0.39 is 0 Å². The van der Waals surface area contributed by atoms with Crippen LogP contribution in [0, 0.1) is 0 Å². The third-order valence-corrected chi connectivity index (χ3v) is 4.69. The van der Waals surface area contributed by atoms with Crippen LogP contribution in [0.2, 0.25) is 0 Å². The first-order valence-corrected chi connectivity index (χ1v) is 8.74. The molecule has 2 aromatic heterocycles. The van der Waals surface area contributed by atoms with E-state index in [9.17, 15) is 9.59 Å². The van der Waals surface area contributed by atoms with E-state index >= 15 is 0 Å². The zero-order valence-corrected chi connectivity index (χ0v) is 14.5. The van der Waals surface area contributed by atoms with Gasteiger partial charge >= 0.3 is 0 Å². The van der Waals surface area contributed by atoms with E-state index in [4.69, 9.17) is 0 Å². The van der Waals surface area contributed by atoms with Gasteiger partial charge in [0, 0.05) is 61.9 Å². The van der Waals surface area contributed by atoms with Crippen LogP contribution in [0.3, 0.4) is 0 Å². The second-order valence-corrected chi connectivity index (χ2v) is 6.55. The highest BCUT2D eigenvalue weighted by Gasteiger charge is 2.24. The van der Waals surface area contributed by atoms with Crippen molar-refractivity contribution < 1.29 is 9.59 Å². The fourth-order valence-electron chi connectivity index (χ4n) is 3.21. The Bertz CT molecular complexity index is 691. The lowest BCUT2D eigenvalue weighted by Crippen LogP contribution is -2.46. The Labute approximate surface area is 147 Å². The second kappa shape index (κ2) is 7.96. The number of piperidine rings is 1. The second-order valence-electron chi connectivity index (χ2n) is 6.55. The first-order chi connectivity index (χ1) is 12.1. The molecule has 0 aliphatic carbocycles. The van der Waals surface area contributed by atoms with Crippen molar-refractivity contribution in [3.05, 3.63) is 54.6 Å². The zero-order valence-electron chi connectivity index (χ0n) is 14.5. The third-order valence-electron chi connectivity index (χ3n) is 4.69. The Morgan fingerprint density at radius 3 is 2.48 bits per heavy atom. The van der Waals surface area contributed by atoms with Gasteiger partial charge in [-0.1, -0.05) is 0 Å². The summed E-state index contributed by atoms with van der Waals surface area (Å²) in [6.45, 7) is 3.37. The van der Waals surface area contributed by atoms with Gasteiger partial charge in [0.15, 0.2) is 0 Å². The highest BCUT2D eigenvalue weighted by Crippen LogP contribution is 2.15. The number of carbonyl (C=O) groups is 2. The molecule has 0 radical (unpaired) electrons. The SMILES string of the molecule is CC(CC(=O)NC1CCN(C(=O)c2ccncc2)CC1)n1cccc1. The van der Waals surface area contributed by atoms with E-state index in [0.717, 1.165) is 12.8 Å². The van der Waals surface area contributed by atoms with Crippen LogP contribution in [0.4, 0.5) is 0 Å². The maximum absolute atomic E-state index is 12.4. The van der Waals surface area contributed by atoms with Crippen molar-refractivity contribution in [3.63, 3.8) is 0 Å². The number of hydrogen-bond donors (Lipinski definition) is 1. The fraction of sp³-hybridized carbons (Fsp3) is 0.421. The van der Waals surface area contributed by atoms with Gasteiger partial charge in [-0.15, -0.1) is 0 Å². The molecule has 0 saturated carbocycles. The topological polar surface area (TPSA) is 67.2 Å². The minimum atomic E-state index is 0.0356. The Morgan fingerprint density at radius 2 is 1.84 bits per heavy atom. The van der Waals surface area contributed by atoms with E-state index in [1.165, 1.54) is 0 Å². The van der Waals surface area contributed by atoms with Crippen molar-refractivity contribution in [1.29, 1.82) is 0 Å². The minimum absolute atomic E-state index is 0.0356. The predicted octanol–water partition coefficient (Wildman–Crippen LogP) is 2.26. The van der Waals surface area contributed by atoms with Crippen molar-refractivity contribution in [2.75, 3.05) is 13.1 Å². The molecule has 0 bridgehead atoms. The highest BCUT2D eigenvalue weighted by atomic mass is 16.2. The molecule has 3 heterocycles. The summed E-state index contributed by atoms with van der Waals surface area (Å²) in [5.41, 5.74) is 0.665. The van der Waals surface area contributed by atoms with Gasteiger partial charge < -0.3 is 14.8 Å². The summed E-state index contributed by atoms with van der Waals surface area (Å²) in [5.74, 6) is 0.105. The first-order valence-electron chi connectivity index (χ1n) is 8.74. The van der Waals surface area contributed by atoms with E-state index in [1.807, 2.05) is 40.9 Å². The number of likely N-dealkylation sites (tertiary alicyclic amines) is 1. The van der Waals surface area contributed by atoms with Gasteiger partial charge in [0.05, 0.1) is 0 Å². The summed E-state index contributed by atoms with van der Waals surface area (Å²) in [4.78, 5) is 30.4. The van der Waals surface area contributed by atoms with Crippen LogP contribution in [0.15, 0.2) is 49.1 Å². The number of aromatic nitrogens is 2. The minimum Gasteiger partial charge on any atom is -0.353 e. The highest BCUT2D eigenvalue weighted by molar-refractivity contribution is 5.94. The van der Waals surface area contributed by atoms with Crippen LogP contribution in [0.25, 0.3) is 0 Å². The van der Waals surface area contributed by atoms with Crippen molar-refractivity contribution in [2.24, 2.45) is 0 Å². The van der Waals surface area contributed by atoms with Gasteiger partial charge in [0.25, 0.3) is 5.91 Å². The molecule has 1 atom stereocenters. The van der Waals surface area contributed by atoms with Crippen LogP contribution in [0.5, 0.6) is 0 Å². The van der Waals surface area contributed by atoms with Crippen molar-refractivity contribution >= 4 is 11.8 Å². The van der Waals surface area contributed by atoms with Crippen LogP contribution in [0.1, 0.15) is 42.6 Å². The van der Waals surface area contributed by atoms with E-state index in [2.05, 4.69) is 10.3 Å². The average Bonchev–Trinajstić information content (AvgIpc) is 3.17. The molecule has 2 aromatic rings. The van der Waals surface area contributed by atoms with Gasteiger partial charge in [-0.25, -0.2) is 0 Å². The first kappa shape index (κ1) is 17.2. The summed E-state index contributed by atoms with van der Waals surface area (Å²) in [7, 11) is 0. The Kier molecular flexibility index (Phi) is 5.48. The quantitative estimate of drug-likeness (QED) is 0.908. The molecule has 3 rings (SSSR count). The molecule has 0 spiro atoms. The number of amides is 2. The normalized spacial score (nSPS) is 16.4. The van der Waals surface area contributed by atoms with Gasteiger partial charge in [-0.3, -0.25) is 14.6 Å². The molecule has 1 fully saturated rings. The standard InChI is InChI=1S/C19H24N4O2/c1-15(22-10-2-3-11-22)14-18(24)21-17-6-12-23(13-7-17)19(25)16-4-8-20-9-5-16/h2-5,8-11,15,17H,6-7,12-14H2,1H3,(H,21,24). The van der Waals surface area contributed by atoms with Crippen LogP contribution >= 0.6 is 0 Å². The van der Waals surface area contributed by atoms with Crippen LogP contribution in [-0.2, 0) is 4.79 Å². The van der Waals surface area contributed by atoms with E-state index in [0.29, 0.717) is 25.1 Å². The Hall–Kier alpha value is -2.63. The van der Waals surface area contributed by atoms with Crippen molar-refractivity contribution in [3.8, 4) is 0 Å². The summed E-state index contributed by atoms with van der Waals surface area (Å²) in [5, 5.41) is 3.11. The molecule has 1 aliphatic heterocycles. The number of carbonyl (C=O) groups excluding carboxylic acids is 2. The van der Waals surface area contributed by atoms with Crippen molar-refractivity contribution in [2.45, 2.75) is 38.3 Å². The summed E-state index contributed by atoms with van der Waals surface area (Å²) in [6.07, 6.45) is 9.26. The molecule has 132 valence electrons. The number of rotatable bonds is 5. The van der Waals surface area contributed by atoms with Crippen molar-refractivity contribution in [1.82, 2.24) is 19.8 Å². The number of nitrogens with zero attached hydrogens (tertiary/aromatic N) is 3. The molecule has 1 N–H and O–H groups in total. The van der Waals surface area contributed by atoms with Crippen LogP contribution in [-0.4, -0.2) is 45.4 Å². The summed E-state index contributed by atoms with van der Waals surface area (Å²) in [6, 6.07) is 7.68. The lowest BCUT2D eigenvalue weighted by molar-refractivity contribution is -0.122. The molecule has 6 heteroatoms. The third kappa shape index (κ3) is 4.47. The summed E-state index contributed by atoms with van der Waals surface area (Å²) < 4.78 is 2.04. The number of pyridine rings is 1. The fourth-order valence-corrected chi connectivity index (χ4v) is 3.21. The van der Waals surface area contributed by atoms with Gasteiger partial charge in [-0.2, -0.15) is 0 Å². The molecule has 2 amide bonds. The largest absolute Gasteiger partial charge is 0.353 e. The maximum Gasteiger partial charge on any atom is 0.253 e. The lowest BCUT2D eigenvalue weighted by Gasteiger charge is -2.32. The molecule has 0 aromatic carbocycles. The molecular formula is C19H24N4O2. The molecule has 1 unspecified atom stereocenters. The Balaban J connectivity index is 1.44. The lowest BCUT2D eigenvalue weighted by atomic mass is 10.0. The molecule has 1 saturated heterocycles. The number of nitrogens with one attached hydrogen (secondary N) is 1. The molecular weight excluding hydrogens is 316 g/mol. The molecule has 6 nitrogen and oxygen atoms in total. The van der Waals surface area contributed by atoms with Gasteiger partial charge in [0.1, 0.15) is 0 Å². The van der Waals surface area contributed by atoms with Gasteiger partial charge in [-0.05, 0) is 44.0 Å². The monoisotopic (exact) mass is 340 g/mol. The maximum atomic E-state index is 12.4. The van der Waals surface area contributed by atoms with E-state index in [1.54, 1.807) is 24.5 Å². The smallest absolute Gasteiger partial charge is 0.253 e. The molecule has 25 heavy (non-hydrogen) atoms. The Morgan fingerprint density at radius 1 is 1.20 bits per heavy atom. The zero-order chi connectivity index (χ0) is 17.6. The van der Waals surface area contributed by atoms with Crippen LogP contribution < -0.4 is 5.32 Å². The van der Waals surface area contributed by atoms with Gasteiger partial charge in [0.2, 0.25) is 5.91 Å². The molecule has 1 aliphatic rings. The van der Waals surface area contributed by atoms with E-state index in [-0.39, 0.29) is 23.9 Å². The average molecular weight is 340 g/mol.